The van der Waals surface area contributed by atoms with Gasteiger partial charge in [0.15, 0.2) is 0 Å². The van der Waals surface area contributed by atoms with Gasteiger partial charge in [-0.15, -0.1) is 36.5 Å². The molecular weight excluding hydrogens is 857 g/mol. The van der Waals surface area contributed by atoms with Gasteiger partial charge < -0.3 is 19.9 Å². The summed E-state index contributed by atoms with van der Waals surface area (Å²) < 4.78 is 11.6. The van der Waals surface area contributed by atoms with Crippen molar-refractivity contribution in [2.45, 2.75) is 59.5 Å². The zero-order valence-corrected chi connectivity index (χ0v) is 37.0. The number of phenolic OH excluding ortho intramolecular Hbond substituents is 1. The first-order valence-corrected chi connectivity index (χ1v) is 18.9. The van der Waals surface area contributed by atoms with Crippen LogP contribution < -0.4 is 4.74 Å². The van der Waals surface area contributed by atoms with Crippen LogP contribution >= 0.6 is 0 Å². The van der Waals surface area contributed by atoms with Gasteiger partial charge in [0.1, 0.15) is 23.7 Å². The molecule has 0 saturated heterocycles. The second-order valence-electron chi connectivity index (χ2n) is 13.9. The monoisotopic (exact) mass is 912 g/mol. The Morgan fingerprint density at radius 2 is 1.18 bits per heavy atom. The van der Waals surface area contributed by atoms with Crippen LogP contribution in [0, 0.1) is 20.8 Å². The molecule has 0 aromatic heterocycles. The fraction of sp³-hybridized carbons (Fsp3) is 0.220. The molecule has 6 aromatic carbocycles. The summed E-state index contributed by atoms with van der Waals surface area (Å²) in [6.45, 7) is 19.7. The Morgan fingerprint density at radius 3 is 1.70 bits per heavy atom. The topological polar surface area (TPSA) is 69.9 Å². The van der Waals surface area contributed by atoms with E-state index in [1.54, 1.807) is 18.2 Å². The van der Waals surface area contributed by atoms with Gasteiger partial charge in [0, 0.05) is 37.0 Å². The molecule has 290 valence electrons. The van der Waals surface area contributed by atoms with Crippen LogP contribution in [0.3, 0.4) is 0 Å². The third kappa shape index (κ3) is 14.1. The molecule has 0 heterocycles. The first-order chi connectivity index (χ1) is 26.5. The molecular formula is C50H54HfNO4-3. The molecule has 0 radical (unpaired) electrons. The Morgan fingerprint density at radius 1 is 0.679 bits per heavy atom. The van der Waals surface area contributed by atoms with Gasteiger partial charge in [-0.25, -0.2) is 4.79 Å². The molecule has 6 aromatic rings. The average molecular weight is 911 g/mol. The summed E-state index contributed by atoms with van der Waals surface area (Å²) in [5, 5.41) is 16.1. The predicted molar refractivity (Wildman–Crippen MR) is 228 cm³/mol. The summed E-state index contributed by atoms with van der Waals surface area (Å²) in [4.78, 5) is 12.8. The van der Waals surface area contributed by atoms with Gasteiger partial charge in [0.05, 0.1) is 6.61 Å². The third-order valence-corrected chi connectivity index (χ3v) is 8.72. The van der Waals surface area contributed by atoms with Gasteiger partial charge >= 0.3 is 5.97 Å². The molecule has 0 bridgehead atoms. The minimum Gasteiger partial charge on any atom is -0.684 e. The number of para-hydroxylation sites is 2. The zero-order valence-electron chi connectivity index (χ0n) is 33.4. The molecule has 0 saturated carbocycles. The maximum atomic E-state index is 12.8. The SMILES string of the molecule is Cc1cc(C(C)C)c([N-]CCCOc2ccccc2-c2cccc(C(=O)OCc3ccccc3)c2O)c(C(C)C)c1.[CH2-]c1ccccc1.[CH2-]c1ccccc1.[Hf]. The molecule has 6 rings (SSSR count). The van der Waals surface area contributed by atoms with Crippen LogP contribution in [-0.4, -0.2) is 24.2 Å². The molecule has 0 amide bonds. The summed E-state index contributed by atoms with van der Waals surface area (Å²) in [6, 6.07) is 46.3. The van der Waals surface area contributed by atoms with E-state index in [1.165, 1.54) is 16.7 Å². The van der Waals surface area contributed by atoms with E-state index < -0.39 is 5.97 Å². The summed E-state index contributed by atoms with van der Waals surface area (Å²) in [5.41, 5.74) is 9.33. The van der Waals surface area contributed by atoms with Gasteiger partial charge in [0.25, 0.3) is 0 Å². The summed E-state index contributed by atoms with van der Waals surface area (Å²) >= 11 is 0. The average Bonchev–Trinajstić information content (AvgIpc) is 3.19. The largest absolute Gasteiger partial charge is 0.684 e. The number of phenols is 1. The number of nitrogens with zero attached hydrogens (tertiary/aromatic N) is 1. The summed E-state index contributed by atoms with van der Waals surface area (Å²) in [5.74, 6) is 0.727. The predicted octanol–water partition coefficient (Wildman–Crippen LogP) is 13.2. The Bertz CT molecular complexity index is 1980. The maximum absolute atomic E-state index is 12.8. The molecule has 56 heavy (non-hydrogen) atoms. The maximum Gasteiger partial charge on any atom is 0.342 e. The van der Waals surface area contributed by atoms with Crippen LogP contribution in [0.5, 0.6) is 11.5 Å². The number of hydrogen-bond donors (Lipinski definition) is 1. The number of ether oxygens (including phenoxy) is 2. The smallest absolute Gasteiger partial charge is 0.342 e. The standard InChI is InChI=1S/C36H40NO4.2C7H7.Hf/c1-24(2)31-21-26(5)22-32(25(3)4)34(31)37-19-12-20-40-33-18-10-9-15-28(33)29-16-11-17-30(35(29)38)36(39)41-23-27-13-7-6-8-14-27;2*1-7-5-3-2-4-6-7;/h6-11,13-18,21-22,24-25H,12,19-20,23H2,1-5H3,(H,38,39);2*2-6H,1H2;/q3*-1;. The molecule has 0 unspecified atom stereocenters. The van der Waals surface area contributed by atoms with Crippen molar-refractivity contribution in [2.75, 3.05) is 13.2 Å². The van der Waals surface area contributed by atoms with E-state index in [0.29, 0.717) is 41.9 Å². The Hall–Kier alpha value is -5.20. The molecule has 0 atom stereocenters. The van der Waals surface area contributed by atoms with Crippen molar-refractivity contribution in [1.29, 1.82) is 0 Å². The number of benzene rings is 6. The van der Waals surface area contributed by atoms with Gasteiger partial charge in [-0.05, 0) is 42.9 Å². The van der Waals surface area contributed by atoms with E-state index >= 15 is 0 Å². The summed E-state index contributed by atoms with van der Waals surface area (Å²) in [7, 11) is 0. The van der Waals surface area contributed by atoms with Crippen molar-refractivity contribution in [1.82, 2.24) is 0 Å². The van der Waals surface area contributed by atoms with E-state index in [0.717, 1.165) is 28.8 Å². The van der Waals surface area contributed by atoms with Crippen LogP contribution in [-0.2, 0) is 37.2 Å². The zero-order chi connectivity index (χ0) is 39.6. The van der Waals surface area contributed by atoms with Crippen molar-refractivity contribution >= 4 is 11.7 Å². The molecule has 1 N–H and O–H groups in total. The number of aromatic hydroxyl groups is 1. The van der Waals surface area contributed by atoms with Crippen molar-refractivity contribution in [3.63, 3.8) is 0 Å². The van der Waals surface area contributed by atoms with Crippen LogP contribution in [0.2, 0.25) is 0 Å². The second-order valence-corrected chi connectivity index (χ2v) is 13.9. The van der Waals surface area contributed by atoms with E-state index in [1.807, 2.05) is 115 Å². The van der Waals surface area contributed by atoms with Gasteiger partial charge in [0.2, 0.25) is 0 Å². The Labute approximate surface area is 353 Å². The number of hydrogen-bond acceptors (Lipinski definition) is 4. The van der Waals surface area contributed by atoms with E-state index in [4.69, 9.17) is 14.8 Å². The van der Waals surface area contributed by atoms with E-state index in [2.05, 4.69) is 60.6 Å². The van der Waals surface area contributed by atoms with Gasteiger partial charge in [-0.2, -0.15) is 49.2 Å². The number of rotatable bonds is 12. The molecule has 0 aliphatic rings. The van der Waals surface area contributed by atoms with Gasteiger partial charge in [-0.1, -0.05) is 129 Å². The normalized spacial score (nSPS) is 10.3. The quantitative estimate of drug-likeness (QED) is 0.0575. The van der Waals surface area contributed by atoms with Crippen LogP contribution in [0.25, 0.3) is 16.4 Å². The second kappa shape index (κ2) is 23.7. The molecule has 0 fully saturated rings. The van der Waals surface area contributed by atoms with Crippen molar-refractivity contribution < 1.29 is 45.2 Å². The van der Waals surface area contributed by atoms with E-state index in [-0.39, 0.29) is 43.8 Å². The molecule has 0 aliphatic heterocycles. The molecule has 0 aliphatic carbocycles. The number of carbonyl (C=O) groups excluding carboxylic acids is 1. The van der Waals surface area contributed by atoms with Crippen molar-refractivity contribution in [3.8, 4) is 22.6 Å². The number of esters is 1. The van der Waals surface area contributed by atoms with Crippen molar-refractivity contribution in [2.24, 2.45) is 0 Å². The minimum atomic E-state index is -0.578. The third-order valence-electron chi connectivity index (χ3n) is 8.72. The van der Waals surface area contributed by atoms with Crippen LogP contribution in [0.4, 0.5) is 5.69 Å². The first kappa shape index (κ1) is 45.2. The van der Waals surface area contributed by atoms with Crippen LogP contribution in [0.1, 0.15) is 89.7 Å². The van der Waals surface area contributed by atoms with Crippen molar-refractivity contribution in [3.05, 3.63) is 204 Å². The minimum absolute atomic E-state index is 0. The number of carbonyl (C=O) groups is 1. The Kier molecular flexibility index (Phi) is 19.1. The van der Waals surface area contributed by atoms with E-state index in [9.17, 15) is 9.90 Å². The van der Waals surface area contributed by atoms with Gasteiger partial charge in [-0.3, -0.25) is 0 Å². The fourth-order valence-corrected chi connectivity index (χ4v) is 5.83. The molecule has 5 nitrogen and oxygen atoms in total. The fourth-order valence-electron chi connectivity index (χ4n) is 5.83. The van der Waals surface area contributed by atoms with Crippen LogP contribution in [0.15, 0.2) is 146 Å². The Balaban J connectivity index is 0.000000467. The summed E-state index contributed by atoms with van der Waals surface area (Å²) in [6.07, 6.45) is 0.745. The number of aryl methyl sites for hydroxylation is 1. The first-order valence-electron chi connectivity index (χ1n) is 18.9. The molecule has 6 heteroatoms. The molecule has 0 spiro atoms.